The standard InChI is InChI=1S/C26H24ClF2NO2/c1-15-13-26(2,3)30-22-10-8-18(19-7-5-16(28)11-23(19)31-4)20(25(15)22)14-32-24-12-17(29)6-9-21(24)27/h5-13,30H,14H2,1-4H3. The first-order chi connectivity index (χ1) is 15.2. The Morgan fingerprint density at radius 2 is 1.59 bits per heavy atom. The van der Waals surface area contributed by atoms with Crippen LogP contribution in [-0.4, -0.2) is 12.6 Å². The average Bonchev–Trinajstić information content (AvgIpc) is 2.73. The van der Waals surface area contributed by atoms with Gasteiger partial charge < -0.3 is 14.8 Å². The zero-order valence-corrected chi connectivity index (χ0v) is 19.1. The second-order valence-electron chi connectivity index (χ2n) is 8.40. The molecule has 6 heteroatoms. The molecular weight excluding hydrogens is 432 g/mol. The summed E-state index contributed by atoms with van der Waals surface area (Å²) in [6, 6.07) is 12.4. The third-order valence-corrected chi connectivity index (χ3v) is 5.77. The number of methoxy groups -OCH3 is 1. The Labute approximate surface area is 191 Å². The number of rotatable bonds is 5. The lowest BCUT2D eigenvalue weighted by Crippen LogP contribution is -2.32. The first kappa shape index (κ1) is 22.2. The van der Waals surface area contributed by atoms with Gasteiger partial charge in [-0.25, -0.2) is 8.78 Å². The van der Waals surface area contributed by atoms with Crippen molar-refractivity contribution >= 4 is 22.9 Å². The summed E-state index contributed by atoms with van der Waals surface area (Å²) >= 11 is 6.22. The monoisotopic (exact) mass is 455 g/mol. The molecule has 3 nitrogen and oxygen atoms in total. The minimum absolute atomic E-state index is 0.134. The third kappa shape index (κ3) is 4.30. The van der Waals surface area contributed by atoms with Crippen LogP contribution in [0.3, 0.4) is 0 Å². The van der Waals surface area contributed by atoms with Gasteiger partial charge in [0.1, 0.15) is 29.7 Å². The number of nitrogens with one attached hydrogen (secondary N) is 1. The molecule has 1 heterocycles. The van der Waals surface area contributed by atoms with Crippen LogP contribution in [0.1, 0.15) is 31.9 Å². The zero-order valence-electron chi connectivity index (χ0n) is 18.4. The fraction of sp³-hybridized carbons (Fsp3) is 0.231. The number of fused-ring (bicyclic) bond motifs is 1. The summed E-state index contributed by atoms with van der Waals surface area (Å²) in [5, 5.41) is 3.86. The van der Waals surface area contributed by atoms with E-state index in [1.807, 2.05) is 19.1 Å². The van der Waals surface area contributed by atoms with Gasteiger partial charge in [0.05, 0.1) is 17.7 Å². The highest BCUT2D eigenvalue weighted by atomic mass is 35.5. The van der Waals surface area contributed by atoms with Gasteiger partial charge in [0.2, 0.25) is 0 Å². The second-order valence-corrected chi connectivity index (χ2v) is 8.80. The maximum Gasteiger partial charge on any atom is 0.141 e. The van der Waals surface area contributed by atoms with Crippen LogP contribution in [-0.2, 0) is 6.61 Å². The molecule has 0 saturated heterocycles. The molecule has 0 spiro atoms. The van der Waals surface area contributed by atoms with E-state index in [2.05, 4.69) is 25.2 Å². The molecule has 166 valence electrons. The zero-order chi connectivity index (χ0) is 23.0. The van der Waals surface area contributed by atoms with Crippen LogP contribution < -0.4 is 14.8 Å². The molecule has 3 aromatic carbocycles. The first-order valence-electron chi connectivity index (χ1n) is 10.2. The summed E-state index contributed by atoms with van der Waals surface area (Å²) in [4.78, 5) is 0. The predicted octanol–water partition coefficient (Wildman–Crippen LogP) is 7.48. The van der Waals surface area contributed by atoms with Gasteiger partial charge in [-0.15, -0.1) is 0 Å². The highest BCUT2D eigenvalue weighted by molar-refractivity contribution is 6.32. The second kappa shape index (κ2) is 8.47. The molecule has 0 amide bonds. The normalized spacial score (nSPS) is 14.3. The molecular formula is C26H24ClF2NO2. The van der Waals surface area contributed by atoms with Gasteiger partial charge in [-0.1, -0.05) is 23.7 Å². The Morgan fingerprint density at radius 1 is 0.938 bits per heavy atom. The van der Waals surface area contributed by atoms with Crippen LogP contribution in [0.4, 0.5) is 14.5 Å². The number of ether oxygens (including phenoxy) is 2. The minimum Gasteiger partial charge on any atom is -0.496 e. The Kier molecular flexibility index (Phi) is 5.87. The minimum atomic E-state index is -0.431. The number of hydrogen-bond donors (Lipinski definition) is 1. The van der Waals surface area contributed by atoms with Gasteiger partial charge in [0, 0.05) is 34.5 Å². The molecule has 3 aromatic rings. The van der Waals surface area contributed by atoms with Crippen molar-refractivity contribution in [2.45, 2.75) is 32.9 Å². The fourth-order valence-corrected chi connectivity index (χ4v) is 4.40. The molecule has 0 atom stereocenters. The van der Waals surface area contributed by atoms with Crippen LogP contribution in [0.15, 0.2) is 54.6 Å². The van der Waals surface area contributed by atoms with E-state index >= 15 is 0 Å². The van der Waals surface area contributed by atoms with Crippen LogP contribution in [0.2, 0.25) is 5.02 Å². The van der Waals surface area contributed by atoms with Crippen molar-refractivity contribution in [2.75, 3.05) is 12.4 Å². The molecule has 0 unspecified atom stereocenters. The Bertz CT molecular complexity index is 1220. The van der Waals surface area contributed by atoms with E-state index in [0.717, 1.165) is 33.5 Å². The van der Waals surface area contributed by atoms with Gasteiger partial charge in [-0.3, -0.25) is 0 Å². The van der Waals surface area contributed by atoms with Gasteiger partial charge in [-0.2, -0.15) is 0 Å². The lowest BCUT2D eigenvalue weighted by Gasteiger charge is -2.33. The van der Waals surface area contributed by atoms with Crippen molar-refractivity contribution < 1.29 is 18.3 Å². The van der Waals surface area contributed by atoms with Crippen molar-refractivity contribution in [3.05, 3.63) is 82.4 Å². The summed E-state index contributed by atoms with van der Waals surface area (Å²) in [5.41, 5.74) is 5.25. The number of allylic oxidation sites excluding steroid dienone is 1. The molecule has 0 radical (unpaired) electrons. The molecule has 0 fully saturated rings. The van der Waals surface area contributed by atoms with Crippen molar-refractivity contribution in [1.82, 2.24) is 0 Å². The van der Waals surface area contributed by atoms with Crippen LogP contribution in [0, 0.1) is 11.6 Å². The highest BCUT2D eigenvalue weighted by Crippen LogP contribution is 2.43. The summed E-state index contributed by atoms with van der Waals surface area (Å²) in [6.45, 7) is 6.37. The van der Waals surface area contributed by atoms with Gasteiger partial charge >= 0.3 is 0 Å². The van der Waals surface area contributed by atoms with Crippen molar-refractivity contribution in [3.63, 3.8) is 0 Å². The Balaban J connectivity index is 1.88. The lowest BCUT2D eigenvalue weighted by atomic mass is 9.85. The quantitative estimate of drug-likeness (QED) is 0.432. The van der Waals surface area contributed by atoms with E-state index in [-0.39, 0.29) is 23.7 Å². The van der Waals surface area contributed by atoms with Crippen molar-refractivity contribution in [3.8, 4) is 22.6 Å². The lowest BCUT2D eigenvalue weighted by molar-refractivity contribution is 0.305. The SMILES string of the molecule is COc1cc(F)ccc1-c1ccc2c(c1COc1cc(F)ccc1Cl)C(C)=CC(C)(C)N2. The molecule has 1 aliphatic rings. The molecule has 4 rings (SSSR count). The van der Waals surface area contributed by atoms with Crippen LogP contribution in [0.25, 0.3) is 16.7 Å². The van der Waals surface area contributed by atoms with E-state index < -0.39 is 5.82 Å². The van der Waals surface area contributed by atoms with Gasteiger partial charge in [0.15, 0.2) is 0 Å². The Hall–Kier alpha value is -3.05. The molecule has 0 saturated carbocycles. The highest BCUT2D eigenvalue weighted by Gasteiger charge is 2.27. The van der Waals surface area contributed by atoms with E-state index in [4.69, 9.17) is 21.1 Å². The molecule has 1 aliphatic heterocycles. The number of benzene rings is 3. The van der Waals surface area contributed by atoms with Gasteiger partial charge in [-0.05, 0) is 62.2 Å². The summed E-state index contributed by atoms with van der Waals surface area (Å²) in [5.74, 6) is -0.139. The maximum absolute atomic E-state index is 13.8. The third-order valence-electron chi connectivity index (χ3n) is 5.46. The smallest absolute Gasteiger partial charge is 0.141 e. The largest absolute Gasteiger partial charge is 0.496 e. The molecule has 1 N–H and O–H groups in total. The number of halogens is 3. The maximum atomic E-state index is 13.8. The topological polar surface area (TPSA) is 30.5 Å². The van der Waals surface area contributed by atoms with E-state index in [1.165, 1.54) is 37.4 Å². The summed E-state index contributed by atoms with van der Waals surface area (Å²) in [6.07, 6.45) is 2.15. The first-order valence-corrected chi connectivity index (χ1v) is 10.6. The summed E-state index contributed by atoms with van der Waals surface area (Å²) < 4.78 is 39.1. The van der Waals surface area contributed by atoms with Gasteiger partial charge in [0.25, 0.3) is 0 Å². The molecule has 0 aliphatic carbocycles. The van der Waals surface area contributed by atoms with Crippen molar-refractivity contribution in [2.24, 2.45) is 0 Å². The Morgan fingerprint density at radius 3 is 2.31 bits per heavy atom. The molecule has 32 heavy (non-hydrogen) atoms. The summed E-state index contributed by atoms with van der Waals surface area (Å²) in [7, 11) is 1.51. The van der Waals surface area contributed by atoms with E-state index in [1.54, 1.807) is 6.07 Å². The average molecular weight is 456 g/mol. The molecule has 0 bridgehead atoms. The van der Waals surface area contributed by atoms with Crippen molar-refractivity contribution in [1.29, 1.82) is 0 Å². The number of hydrogen-bond acceptors (Lipinski definition) is 3. The van der Waals surface area contributed by atoms with Crippen LogP contribution in [0.5, 0.6) is 11.5 Å². The van der Waals surface area contributed by atoms with Crippen LogP contribution >= 0.6 is 11.6 Å². The molecule has 0 aromatic heterocycles. The number of anilines is 1. The van der Waals surface area contributed by atoms with E-state index in [9.17, 15) is 8.78 Å². The van der Waals surface area contributed by atoms with E-state index in [0.29, 0.717) is 10.8 Å². The predicted molar refractivity (Wildman–Crippen MR) is 125 cm³/mol. The fourth-order valence-electron chi connectivity index (χ4n) is 4.23.